The summed E-state index contributed by atoms with van der Waals surface area (Å²) in [6, 6.07) is 5.68. The SMILES string of the molecule is Cc1nn(CC(C)C)c(Cl)c1C=CC(=O)N(C)Cc1ccc2c(c1)OCO2. The van der Waals surface area contributed by atoms with Crippen LogP contribution in [0.25, 0.3) is 6.08 Å². The molecule has 0 bridgehead atoms. The zero-order valence-electron chi connectivity index (χ0n) is 16.0. The topological polar surface area (TPSA) is 56.6 Å². The van der Waals surface area contributed by atoms with Crippen LogP contribution in [0.1, 0.15) is 30.7 Å². The van der Waals surface area contributed by atoms with E-state index in [4.69, 9.17) is 21.1 Å². The lowest BCUT2D eigenvalue weighted by atomic mass is 10.2. The van der Waals surface area contributed by atoms with Crippen LogP contribution in [-0.2, 0) is 17.9 Å². The maximum absolute atomic E-state index is 12.5. The van der Waals surface area contributed by atoms with Crippen LogP contribution in [0.4, 0.5) is 0 Å². The number of nitrogens with zero attached hydrogens (tertiary/aromatic N) is 3. The van der Waals surface area contributed by atoms with Crippen molar-refractivity contribution in [2.45, 2.75) is 33.9 Å². The molecule has 27 heavy (non-hydrogen) atoms. The third-order valence-electron chi connectivity index (χ3n) is 4.27. The van der Waals surface area contributed by atoms with Gasteiger partial charge in [0.2, 0.25) is 12.7 Å². The van der Waals surface area contributed by atoms with Gasteiger partial charge < -0.3 is 14.4 Å². The Bertz CT molecular complexity index is 874. The van der Waals surface area contributed by atoms with Gasteiger partial charge in [-0.2, -0.15) is 5.10 Å². The second kappa shape index (κ2) is 8.05. The Hall–Kier alpha value is -2.47. The summed E-state index contributed by atoms with van der Waals surface area (Å²) in [5.74, 6) is 1.77. The van der Waals surface area contributed by atoms with Crippen molar-refractivity contribution in [3.05, 3.63) is 46.2 Å². The van der Waals surface area contributed by atoms with E-state index < -0.39 is 0 Å². The van der Waals surface area contributed by atoms with E-state index in [-0.39, 0.29) is 12.7 Å². The van der Waals surface area contributed by atoms with Crippen molar-refractivity contribution < 1.29 is 14.3 Å². The fourth-order valence-electron chi connectivity index (χ4n) is 2.90. The van der Waals surface area contributed by atoms with Crippen molar-refractivity contribution in [3.63, 3.8) is 0 Å². The lowest BCUT2D eigenvalue weighted by molar-refractivity contribution is -0.125. The molecule has 6 nitrogen and oxygen atoms in total. The average Bonchev–Trinajstić information content (AvgIpc) is 3.17. The molecule has 1 aromatic carbocycles. The van der Waals surface area contributed by atoms with E-state index in [1.165, 1.54) is 6.08 Å². The average molecular weight is 390 g/mol. The molecule has 7 heteroatoms. The quantitative estimate of drug-likeness (QED) is 0.703. The minimum atomic E-state index is -0.111. The number of benzene rings is 1. The molecule has 0 saturated carbocycles. The van der Waals surface area contributed by atoms with Gasteiger partial charge in [-0.1, -0.05) is 31.5 Å². The number of hydrogen-bond donors (Lipinski definition) is 0. The van der Waals surface area contributed by atoms with E-state index in [9.17, 15) is 4.79 Å². The molecule has 0 fully saturated rings. The zero-order chi connectivity index (χ0) is 19.6. The largest absolute Gasteiger partial charge is 0.454 e. The van der Waals surface area contributed by atoms with Gasteiger partial charge >= 0.3 is 0 Å². The van der Waals surface area contributed by atoms with Gasteiger partial charge in [-0.15, -0.1) is 0 Å². The van der Waals surface area contributed by atoms with E-state index >= 15 is 0 Å². The fraction of sp³-hybridized carbons (Fsp3) is 0.400. The first-order chi connectivity index (χ1) is 12.8. The van der Waals surface area contributed by atoms with Crippen molar-refractivity contribution in [3.8, 4) is 11.5 Å². The number of carbonyl (C=O) groups is 1. The van der Waals surface area contributed by atoms with Crippen LogP contribution in [0, 0.1) is 12.8 Å². The summed E-state index contributed by atoms with van der Waals surface area (Å²) in [7, 11) is 1.76. The molecule has 1 aliphatic rings. The van der Waals surface area contributed by atoms with Crippen LogP contribution in [0.5, 0.6) is 11.5 Å². The Balaban J connectivity index is 1.67. The van der Waals surface area contributed by atoms with E-state index in [1.807, 2.05) is 25.1 Å². The fourth-order valence-corrected chi connectivity index (χ4v) is 3.20. The Labute approximate surface area is 164 Å². The normalized spacial score (nSPS) is 13.0. The first kappa shape index (κ1) is 19.3. The summed E-state index contributed by atoms with van der Waals surface area (Å²) >= 11 is 6.42. The molecule has 0 saturated heterocycles. The molecule has 2 aromatic rings. The molecule has 1 aliphatic heterocycles. The van der Waals surface area contributed by atoms with Crippen molar-refractivity contribution in [2.75, 3.05) is 13.8 Å². The van der Waals surface area contributed by atoms with Gasteiger partial charge in [-0.05, 0) is 36.6 Å². The monoisotopic (exact) mass is 389 g/mol. The maximum Gasteiger partial charge on any atom is 0.246 e. The highest BCUT2D eigenvalue weighted by molar-refractivity contribution is 6.31. The van der Waals surface area contributed by atoms with Gasteiger partial charge in [-0.3, -0.25) is 9.48 Å². The summed E-state index contributed by atoms with van der Waals surface area (Å²) in [5, 5.41) is 5.02. The molecule has 3 rings (SSSR count). The van der Waals surface area contributed by atoms with Gasteiger partial charge in [0, 0.05) is 31.8 Å². The molecule has 0 atom stereocenters. The highest BCUT2D eigenvalue weighted by Gasteiger charge is 2.16. The summed E-state index contributed by atoms with van der Waals surface area (Å²) in [5.41, 5.74) is 2.56. The van der Waals surface area contributed by atoms with Crippen molar-refractivity contribution in [1.29, 1.82) is 0 Å². The maximum atomic E-state index is 12.5. The molecule has 144 valence electrons. The number of halogens is 1. The smallest absolute Gasteiger partial charge is 0.246 e. The van der Waals surface area contributed by atoms with Crippen LogP contribution in [-0.4, -0.2) is 34.4 Å². The number of rotatable bonds is 6. The minimum Gasteiger partial charge on any atom is -0.454 e. The minimum absolute atomic E-state index is 0.111. The van der Waals surface area contributed by atoms with Crippen LogP contribution in [0.3, 0.4) is 0 Å². The number of hydrogen-bond acceptors (Lipinski definition) is 4. The molecular weight excluding hydrogens is 366 g/mol. The van der Waals surface area contributed by atoms with Gasteiger partial charge in [0.05, 0.1) is 5.69 Å². The lowest BCUT2D eigenvalue weighted by Crippen LogP contribution is -2.24. The number of ether oxygens (including phenoxy) is 2. The number of carbonyl (C=O) groups excluding carboxylic acids is 1. The molecule has 1 aromatic heterocycles. The second-order valence-corrected chi connectivity index (χ2v) is 7.44. The molecule has 1 amide bonds. The summed E-state index contributed by atoms with van der Waals surface area (Å²) in [6.45, 7) is 7.56. The molecule has 0 aliphatic carbocycles. The molecular formula is C20H24ClN3O3. The molecule has 2 heterocycles. The molecule has 0 unspecified atom stereocenters. The Morgan fingerprint density at radius 2 is 2.11 bits per heavy atom. The number of fused-ring (bicyclic) bond motifs is 1. The predicted molar refractivity (Wildman–Crippen MR) is 105 cm³/mol. The highest BCUT2D eigenvalue weighted by atomic mass is 35.5. The Morgan fingerprint density at radius 3 is 2.85 bits per heavy atom. The van der Waals surface area contributed by atoms with Gasteiger partial charge in [-0.25, -0.2) is 0 Å². The van der Waals surface area contributed by atoms with Crippen LogP contribution in [0.2, 0.25) is 5.15 Å². The molecule has 0 spiro atoms. The van der Waals surface area contributed by atoms with E-state index in [1.54, 1.807) is 22.7 Å². The predicted octanol–water partition coefficient (Wildman–Crippen LogP) is 3.90. The van der Waals surface area contributed by atoms with Crippen LogP contribution >= 0.6 is 11.6 Å². The standard InChI is InChI=1S/C20H24ClN3O3/c1-13(2)10-24-20(21)16(14(3)22-24)6-8-19(25)23(4)11-15-5-7-17-18(9-15)27-12-26-17/h5-9,13H,10-12H2,1-4H3. The Morgan fingerprint density at radius 1 is 1.37 bits per heavy atom. The highest BCUT2D eigenvalue weighted by Crippen LogP contribution is 2.32. The summed E-state index contributed by atoms with van der Waals surface area (Å²) in [6.07, 6.45) is 3.27. The van der Waals surface area contributed by atoms with E-state index in [2.05, 4.69) is 18.9 Å². The van der Waals surface area contributed by atoms with Gasteiger partial charge in [0.1, 0.15) is 5.15 Å². The number of likely N-dealkylation sites (N-methyl/N-ethyl adjacent to an activating group) is 1. The second-order valence-electron chi connectivity index (χ2n) is 7.08. The number of aryl methyl sites for hydroxylation is 1. The molecule has 0 radical (unpaired) electrons. The Kier molecular flexibility index (Phi) is 5.75. The first-order valence-electron chi connectivity index (χ1n) is 8.89. The van der Waals surface area contributed by atoms with Crippen molar-refractivity contribution in [1.82, 2.24) is 14.7 Å². The van der Waals surface area contributed by atoms with E-state index in [0.717, 1.165) is 29.1 Å². The lowest BCUT2D eigenvalue weighted by Gasteiger charge is -2.15. The van der Waals surface area contributed by atoms with E-state index in [0.29, 0.717) is 23.4 Å². The van der Waals surface area contributed by atoms with Crippen molar-refractivity contribution >= 4 is 23.6 Å². The summed E-state index contributed by atoms with van der Waals surface area (Å²) in [4.78, 5) is 14.1. The third kappa shape index (κ3) is 4.45. The third-order valence-corrected chi connectivity index (χ3v) is 4.67. The molecule has 0 N–H and O–H groups in total. The summed E-state index contributed by atoms with van der Waals surface area (Å²) < 4.78 is 12.5. The van der Waals surface area contributed by atoms with Gasteiger partial charge in [0.25, 0.3) is 0 Å². The van der Waals surface area contributed by atoms with Gasteiger partial charge in [0.15, 0.2) is 11.5 Å². The van der Waals surface area contributed by atoms with Crippen molar-refractivity contribution in [2.24, 2.45) is 5.92 Å². The zero-order valence-corrected chi connectivity index (χ0v) is 16.8. The van der Waals surface area contributed by atoms with Crippen LogP contribution < -0.4 is 9.47 Å². The number of aromatic nitrogens is 2. The number of amides is 1. The van der Waals surface area contributed by atoms with Crippen LogP contribution in [0.15, 0.2) is 24.3 Å². The first-order valence-corrected chi connectivity index (χ1v) is 9.27.